The van der Waals surface area contributed by atoms with Crippen LogP contribution in [0.5, 0.6) is 0 Å². The van der Waals surface area contributed by atoms with Gasteiger partial charge >= 0.3 is 0 Å². The summed E-state index contributed by atoms with van der Waals surface area (Å²) >= 11 is 0. The average Bonchev–Trinajstić information content (AvgIpc) is 2.62. The molecule has 1 aliphatic rings. The zero-order valence-electron chi connectivity index (χ0n) is 17.3. The fraction of sp³-hybridized carbons (Fsp3) is 0.429. The van der Waals surface area contributed by atoms with Crippen LogP contribution in [0.15, 0.2) is 40.1 Å². The zero-order valence-corrected chi connectivity index (χ0v) is 19.0. The molecule has 6 nitrogen and oxygen atoms in total. The first-order valence-electron chi connectivity index (χ1n) is 9.74. The molecular weight excluding hydrogens is 408 g/mol. The van der Waals surface area contributed by atoms with E-state index in [1.165, 1.54) is 10.4 Å². The standard InChI is InChI=1S/C21H28N2O4S2/c1-15-12-17(3)21(18(4)13-15)28(24,25)22-19-9-8-16(2)20(14-19)29(26,27)23-10-6-5-7-11-23/h8-9,12-14,22H,5-7,10-11H2,1-4H3. The number of sulfonamides is 2. The van der Waals surface area contributed by atoms with Crippen molar-refractivity contribution in [3.63, 3.8) is 0 Å². The molecule has 2 aromatic carbocycles. The van der Waals surface area contributed by atoms with Crippen LogP contribution in [0, 0.1) is 27.7 Å². The molecule has 0 amide bonds. The summed E-state index contributed by atoms with van der Waals surface area (Å²) in [7, 11) is -7.51. The lowest BCUT2D eigenvalue weighted by Gasteiger charge is -2.26. The van der Waals surface area contributed by atoms with Gasteiger partial charge in [-0.2, -0.15) is 4.31 Å². The van der Waals surface area contributed by atoms with Gasteiger partial charge in [0.2, 0.25) is 10.0 Å². The Labute approximate surface area is 174 Å². The van der Waals surface area contributed by atoms with E-state index in [1.807, 2.05) is 19.1 Å². The van der Waals surface area contributed by atoms with Gasteiger partial charge in [0, 0.05) is 13.1 Å². The van der Waals surface area contributed by atoms with Crippen molar-refractivity contribution in [3.8, 4) is 0 Å². The molecule has 1 fully saturated rings. The summed E-state index contributed by atoms with van der Waals surface area (Å²) in [5.74, 6) is 0. The van der Waals surface area contributed by atoms with Gasteiger partial charge in [-0.15, -0.1) is 0 Å². The molecule has 158 valence electrons. The normalized spacial score (nSPS) is 16.0. The Morgan fingerprint density at radius 3 is 1.97 bits per heavy atom. The largest absolute Gasteiger partial charge is 0.280 e. The third-order valence-electron chi connectivity index (χ3n) is 5.25. The Bertz CT molecular complexity index is 1110. The van der Waals surface area contributed by atoms with Crippen LogP contribution in [0.4, 0.5) is 5.69 Å². The average molecular weight is 437 g/mol. The Hall–Kier alpha value is -1.90. The summed E-state index contributed by atoms with van der Waals surface area (Å²) in [6.07, 6.45) is 2.72. The zero-order chi connectivity index (χ0) is 21.4. The molecule has 1 aliphatic heterocycles. The molecule has 0 aromatic heterocycles. The van der Waals surface area contributed by atoms with Crippen molar-refractivity contribution >= 4 is 25.7 Å². The maximum atomic E-state index is 13.1. The van der Waals surface area contributed by atoms with E-state index >= 15 is 0 Å². The van der Waals surface area contributed by atoms with Crippen molar-refractivity contribution in [1.82, 2.24) is 4.31 Å². The topological polar surface area (TPSA) is 83.5 Å². The van der Waals surface area contributed by atoms with Crippen LogP contribution in [0.25, 0.3) is 0 Å². The van der Waals surface area contributed by atoms with E-state index in [9.17, 15) is 16.8 Å². The number of nitrogens with zero attached hydrogens (tertiary/aromatic N) is 1. The van der Waals surface area contributed by atoms with Gasteiger partial charge in [-0.05, 0) is 69.4 Å². The first-order chi connectivity index (χ1) is 13.5. The predicted octanol–water partition coefficient (Wildman–Crippen LogP) is 3.90. The number of hydrogen-bond acceptors (Lipinski definition) is 4. The molecule has 1 saturated heterocycles. The smallest absolute Gasteiger partial charge is 0.262 e. The second kappa shape index (κ2) is 8.08. The molecular formula is C21H28N2O4S2. The highest BCUT2D eigenvalue weighted by Crippen LogP contribution is 2.29. The molecule has 0 atom stereocenters. The highest BCUT2D eigenvalue weighted by Gasteiger charge is 2.28. The van der Waals surface area contributed by atoms with E-state index < -0.39 is 20.0 Å². The fourth-order valence-corrected chi connectivity index (χ4v) is 7.26. The summed E-state index contributed by atoms with van der Waals surface area (Å²) in [5.41, 5.74) is 3.14. The third kappa shape index (κ3) is 4.49. The van der Waals surface area contributed by atoms with E-state index in [4.69, 9.17) is 0 Å². The lowest BCUT2D eigenvalue weighted by molar-refractivity contribution is 0.346. The van der Waals surface area contributed by atoms with Crippen molar-refractivity contribution in [2.24, 2.45) is 0 Å². The third-order valence-corrected chi connectivity index (χ3v) is 8.97. The predicted molar refractivity (Wildman–Crippen MR) is 115 cm³/mol. The van der Waals surface area contributed by atoms with Crippen LogP contribution in [0.2, 0.25) is 0 Å². The number of rotatable bonds is 5. The summed E-state index contributed by atoms with van der Waals surface area (Å²) in [5, 5.41) is 0. The van der Waals surface area contributed by atoms with Crippen molar-refractivity contribution in [2.45, 2.75) is 56.7 Å². The Morgan fingerprint density at radius 1 is 0.793 bits per heavy atom. The summed E-state index contributed by atoms with van der Waals surface area (Å²) in [6, 6.07) is 8.31. The highest BCUT2D eigenvalue weighted by atomic mass is 32.2. The van der Waals surface area contributed by atoms with Crippen LogP contribution in [0.1, 0.15) is 41.5 Å². The molecule has 0 aliphatic carbocycles. The second-order valence-electron chi connectivity index (χ2n) is 7.78. The minimum atomic E-state index is -3.85. The summed E-state index contributed by atoms with van der Waals surface area (Å²) < 4.78 is 56.3. The van der Waals surface area contributed by atoms with Gasteiger partial charge < -0.3 is 0 Å². The first kappa shape index (κ1) is 21.8. The molecule has 1 heterocycles. The molecule has 0 spiro atoms. The van der Waals surface area contributed by atoms with Gasteiger partial charge in [0.25, 0.3) is 10.0 Å². The van der Waals surface area contributed by atoms with Crippen molar-refractivity contribution in [2.75, 3.05) is 17.8 Å². The molecule has 0 saturated carbocycles. The summed E-state index contributed by atoms with van der Waals surface area (Å²) in [6.45, 7) is 8.16. The second-order valence-corrected chi connectivity index (χ2v) is 11.3. The number of nitrogens with one attached hydrogen (secondary N) is 1. The maximum Gasteiger partial charge on any atom is 0.262 e. The van der Waals surface area contributed by atoms with Gasteiger partial charge in [0.1, 0.15) is 0 Å². The van der Waals surface area contributed by atoms with Gasteiger partial charge in [0.15, 0.2) is 0 Å². The highest BCUT2D eigenvalue weighted by molar-refractivity contribution is 7.92. The number of hydrogen-bond donors (Lipinski definition) is 1. The van der Waals surface area contributed by atoms with Gasteiger partial charge in [-0.25, -0.2) is 16.8 Å². The number of piperidine rings is 1. The van der Waals surface area contributed by atoms with E-state index in [2.05, 4.69) is 4.72 Å². The van der Waals surface area contributed by atoms with Crippen molar-refractivity contribution in [1.29, 1.82) is 0 Å². The number of anilines is 1. The van der Waals surface area contributed by atoms with Crippen LogP contribution >= 0.6 is 0 Å². The van der Waals surface area contributed by atoms with Gasteiger partial charge in [-0.3, -0.25) is 4.72 Å². The molecule has 8 heteroatoms. The lowest BCUT2D eigenvalue weighted by atomic mass is 10.1. The van der Waals surface area contributed by atoms with Gasteiger partial charge in [0.05, 0.1) is 15.5 Å². The fourth-order valence-electron chi connectivity index (χ4n) is 3.98. The minimum absolute atomic E-state index is 0.150. The molecule has 0 radical (unpaired) electrons. The van der Waals surface area contributed by atoms with Crippen LogP contribution in [-0.2, 0) is 20.0 Å². The van der Waals surface area contributed by atoms with E-state index in [-0.39, 0.29) is 15.5 Å². The Morgan fingerprint density at radius 2 is 1.38 bits per heavy atom. The van der Waals surface area contributed by atoms with Crippen LogP contribution < -0.4 is 4.72 Å². The molecule has 29 heavy (non-hydrogen) atoms. The maximum absolute atomic E-state index is 13.1. The Balaban J connectivity index is 1.98. The number of benzene rings is 2. The minimum Gasteiger partial charge on any atom is -0.280 e. The van der Waals surface area contributed by atoms with E-state index in [0.717, 1.165) is 24.8 Å². The first-order valence-corrected chi connectivity index (χ1v) is 12.7. The van der Waals surface area contributed by atoms with Crippen LogP contribution in [0.3, 0.4) is 0 Å². The summed E-state index contributed by atoms with van der Waals surface area (Å²) in [4.78, 5) is 0.376. The van der Waals surface area contributed by atoms with Gasteiger partial charge in [-0.1, -0.05) is 30.2 Å². The quantitative estimate of drug-likeness (QED) is 0.771. The van der Waals surface area contributed by atoms with Crippen molar-refractivity contribution < 1.29 is 16.8 Å². The molecule has 2 aromatic rings. The molecule has 0 unspecified atom stereocenters. The van der Waals surface area contributed by atoms with E-state index in [1.54, 1.807) is 32.9 Å². The molecule has 1 N–H and O–H groups in total. The van der Waals surface area contributed by atoms with E-state index in [0.29, 0.717) is 29.8 Å². The molecule has 3 rings (SSSR count). The monoisotopic (exact) mass is 436 g/mol. The number of aryl methyl sites for hydroxylation is 4. The Kier molecular flexibility index (Phi) is 6.08. The van der Waals surface area contributed by atoms with Crippen LogP contribution in [-0.4, -0.2) is 34.2 Å². The molecule has 0 bridgehead atoms. The SMILES string of the molecule is Cc1cc(C)c(S(=O)(=O)Nc2ccc(C)c(S(=O)(=O)N3CCCCC3)c2)c(C)c1. The van der Waals surface area contributed by atoms with Crippen molar-refractivity contribution in [3.05, 3.63) is 52.6 Å². The lowest BCUT2D eigenvalue weighted by Crippen LogP contribution is -2.36.